The molecule has 0 spiro atoms. The summed E-state index contributed by atoms with van der Waals surface area (Å²) < 4.78 is 5.26. The maximum Gasteiger partial charge on any atom is 0.0667 e. The number of methoxy groups -OCH3 is 1. The molecule has 0 bridgehead atoms. The van der Waals surface area contributed by atoms with Gasteiger partial charge in [-0.2, -0.15) is 0 Å². The van der Waals surface area contributed by atoms with Crippen LogP contribution in [0.1, 0.15) is 18.9 Å². The molecule has 1 fully saturated rings. The molecule has 100 valence electrons. The Kier molecular flexibility index (Phi) is 5.17. The molecule has 3 nitrogen and oxygen atoms in total. The third-order valence-electron chi connectivity index (χ3n) is 3.62. The van der Waals surface area contributed by atoms with Gasteiger partial charge >= 0.3 is 0 Å². The van der Waals surface area contributed by atoms with Gasteiger partial charge in [0.2, 0.25) is 0 Å². The van der Waals surface area contributed by atoms with Gasteiger partial charge in [0, 0.05) is 39.3 Å². The van der Waals surface area contributed by atoms with Crippen molar-refractivity contribution in [1.29, 1.82) is 0 Å². The van der Waals surface area contributed by atoms with Crippen molar-refractivity contribution in [3.63, 3.8) is 0 Å². The minimum atomic E-state index is 0.299. The van der Waals surface area contributed by atoms with Crippen molar-refractivity contribution in [1.82, 2.24) is 10.2 Å². The van der Waals surface area contributed by atoms with Gasteiger partial charge in [-0.05, 0) is 18.9 Å². The summed E-state index contributed by atoms with van der Waals surface area (Å²) in [6.07, 6.45) is 1.54. The number of benzene rings is 1. The fraction of sp³-hybridized carbons (Fsp3) is 0.600. The highest BCUT2D eigenvalue weighted by atomic mass is 16.5. The fourth-order valence-electron chi connectivity index (χ4n) is 2.40. The number of ether oxygens (including phenoxy) is 1. The second-order valence-corrected chi connectivity index (χ2v) is 5.16. The van der Waals surface area contributed by atoms with Gasteiger partial charge < -0.3 is 10.1 Å². The van der Waals surface area contributed by atoms with E-state index < -0.39 is 0 Å². The number of nitrogens with one attached hydrogen (secondary N) is 1. The summed E-state index contributed by atoms with van der Waals surface area (Å²) >= 11 is 0. The van der Waals surface area contributed by atoms with Crippen LogP contribution in [-0.4, -0.2) is 43.8 Å². The first-order valence-electron chi connectivity index (χ1n) is 6.80. The van der Waals surface area contributed by atoms with Crippen molar-refractivity contribution in [2.24, 2.45) is 0 Å². The first kappa shape index (κ1) is 13.5. The van der Waals surface area contributed by atoms with Gasteiger partial charge in [-0.3, -0.25) is 4.90 Å². The number of likely N-dealkylation sites (tertiary alicyclic amines) is 1. The summed E-state index contributed by atoms with van der Waals surface area (Å²) in [7, 11) is 1.77. The zero-order valence-corrected chi connectivity index (χ0v) is 11.4. The van der Waals surface area contributed by atoms with Crippen LogP contribution in [0, 0.1) is 0 Å². The highest BCUT2D eigenvalue weighted by Gasteiger charge is 2.22. The van der Waals surface area contributed by atoms with Gasteiger partial charge in [-0.25, -0.2) is 0 Å². The second kappa shape index (κ2) is 6.88. The van der Waals surface area contributed by atoms with Crippen LogP contribution in [0.2, 0.25) is 0 Å². The Morgan fingerprint density at radius 3 is 2.89 bits per heavy atom. The molecule has 0 radical (unpaired) electrons. The number of hydrogen-bond acceptors (Lipinski definition) is 3. The number of rotatable bonds is 6. The van der Waals surface area contributed by atoms with E-state index in [9.17, 15) is 0 Å². The van der Waals surface area contributed by atoms with Gasteiger partial charge in [0.05, 0.1) is 6.10 Å². The zero-order chi connectivity index (χ0) is 12.8. The average molecular weight is 248 g/mol. The Hall–Kier alpha value is -0.900. The van der Waals surface area contributed by atoms with Crippen LogP contribution in [0.25, 0.3) is 0 Å². The minimum Gasteiger partial charge on any atom is -0.380 e. The third-order valence-corrected chi connectivity index (χ3v) is 3.62. The van der Waals surface area contributed by atoms with E-state index in [2.05, 4.69) is 47.5 Å². The summed E-state index contributed by atoms with van der Waals surface area (Å²) in [5, 5.41) is 3.58. The van der Waals surface area contributed by atoms with Crippen LogP contribution < -0.4 is 5.32 Å². The Bertz CT molecular complexity index is 342. The summed E-state index contributed by atoms with van der Waals surface area (Å²) in [6, 6.07) is 11.3. The standard InChI is InChI=1S/C15H24N2O/c1-13(18-2)10-16-15-8-9-17(12-15)11-14-6-4-3-5-7-14/h3-7,13,15-16H,8-12H2,1-2H3. The minimum absolute atomic E-state index is 0.299. The Morgan fingerprint density at radius 2 is 2.17 bits per heavy atom. The van der Waals surface area contributed by atoms with E-state index in [1.807, 2.05) is 0 Å². The van der Waals surface area contributed by atoms with Crippen LogP contribution >= 0.6 is 0 Å². The van der Waals surface area contributed by atoms with Crippen LogP contribution in [0.3, 0.4) is 0 Å². The number of nitrogens with zero attached hydrogens (tertiary/aromatic N) is 1. The van der Waals surface area contributed by atoms with Crippen LogP contribution in [-0.2, 0) is 11.3 Å². The molecule has 0 aliphatic carbocycles. The SMILES string of the molecule is COC(C)CNC1CCN(Cc2ccccc2)C1. The Labute approximate surface area is 110 Å². The molecule has 2 atom stereocenters. The van der Waals surface area contributed by atoms with E-state index in [-0.39, 0.29) is 0 Å². The Balaban J connectivity index is 1.72. The molecular formula is C15H24N2O. The van der Waals surface area contributed by atoms with E-state index >= 15 is 0 Å². The summed E-state index contributed by atoms with van der Waals surface area (Å²) in [6.45, 7) is 6.45. The van der Waals surface area contributed by atoms with E-state index in [1.165, 1.54) is 18.5 Å². The van der Waals surface area contributed by atoms with Crippen molar-refractivity contribution in [3.05, 3.63) is 35.9 Å². The van der Waals surface area contributed by atoms with Crippen LogP contribution in [0.5, 0.6) is 0 Å². The lowest BCUT2D eigenvalue weighted by Gasteiger charge is -2.18. The molecule has 0 aromatic heterocycles. The fourth-order valence-corrected chi connectivity index (χ4v) is 2.40. The molecule has 2 rings (SSSR count). The molecule has 1 aliphatic rings. The van der Waals surface area contributed by atoms with Crippen molar-refractivity contribution in [2.75, 3.05) is 26.7 Å². The molecule has 1 aromatic rings. The smallest absolute Gasteiger partial charge is 0.0667 e. The van der Waals surface area contributed by atoms with Crippen LogP contribution in [0.4, 0.5) is 0 Å². The lowest BCUT2D eigenvalue weighted by Crippen LogP contribution is -2.37. The molecule has 1 heterocycles. The first-order valence-corrected chi connectivity index (χ1v) is 6.80. The molecule has 1 saturated heterocycles. The molecule has 0 amide bonds. The normalized spacial score (nSPS) is 22.2. The summed E-state index contributed by atoms with van der Waals surface area (Å²) in [5.41, 5.74) is 1.41. The van der Waals surface area contributed by atoms with Crippen molar-refractivity contribution in [3.8, 4) is 0 Å². The maximum atomic E-state index is 5.26. The second-order valence-electron chi connectivity index (χ2n) is 5.16. The van der Waals surface area contributed by atoms with E-state index in [0.29, 0.717) is 12.1 Å². The lowest BCUT2D eigenvalue weighted by atomic mass is 10.2. The van der Waals surface area contributed by atoms with Gasteiger partial charge in [-0.1, -0.05) is 30.3 Å². The number of hydrogen-bond donors (Lipinski definition) is 1. The van der Waals surface area contributed by atoms with Crippen molar-refractivity contribution < 1.29 is 4.74 Å². The first-order chi connectivity index (χ1) is 8.78. The monoisotopic (exact) mass is 248 g/mol. The van der Waals surface area contributed by atoms with E-state index in [4.69, 9.17) is 4.74 Å². The molecule has 0 saturated carbocycles. The topological polar surface area (TPSA) is 24.5 Å². The van der Waals surface area contributed by atoms with Gasteiger partial charge in [0.1, 0.15) is 0 Å². The van der Waals surface area contributed by atoms with Gasteiger partial charge in [0.25, 0.3) is 0 Å². The molecule has 2 unspecified atom stereocenters. The highest BCUT2D eigenvalue weighted by Crippen LogP contribution is 2.13. The summed E-state index contributed by atoms with van der Waals surface area (Å²) in [4.78, 5) is 2.52. The predicted molar refractivity (Wildman–Crippen MR) is 74.6 cm³/mol. The predicted octanol–water partition coefficient (Wildman–Crippen LogP) is 1.89. The van der Waals surface area contributed by atoms with E-state index in [1.54, 1.807) is 7.11 Å². The van der Waals surface area contributed by atoms with Gasteiger partial charge in [0.15, 0.2) is 0 Å². The third kappa shape index (κ3) is 4.09. The molecule has 1 N–H and O–H groups in total. The molecule has 1 aromatic carbocycles. The molecular weight excluding hydrogens is 224 g/mol. The van der Waals surface area contributed by atoms with Crippen LogP contribution in [0.15, 0.2) is 30.3 Å². The lowest BCUT2D eigenvalue weighted by molar-refractivity contribution is 0.114. The van der Waals surface area contributed by atoms with Crippen molar-refractivity contribution >= 4 is 0 Å². The Morgan fingerprint density at radius 1 is 1.39 bits per heavy atom. The largest absolute Gasteiger partial charge is 0.380 e. The van der Waals surface area contributed by atoms with Gasteiger partial charge in [-0.15, -0.1) is 0 Å². The average Bonchev–Trinajstić information content (AvgIpc) is 2.85. The quantitative estimate of drug-likeness (QED) is 0.832. The highest BCUT2D eigenvalue weighted by molar-refractivity contribution is 5.14. The van der Waals surface area contributed by atoms with Crippen molar-refractivity contribution in [2.45, 2.75) is 32.0 Å². The molecule has 1 aliphatic heterocycles. The van der Waals surface area contributed by atoms with E-state index in [0.717, 1.165) is 19.6 Å². The maximum absolute atomic E-state index is 5.26. The zero-order valence-electron chi connectivity index (χ0n) is 11.4. The summed E-state index contributed by atoms with van der Waals surface area (Å²) in [5.74, 6) is 0. The molecule has 18 heavy (non-hydrogen) atoms. The molecule has 3 heteroatoms.